The molecule has 25 heavy (non-hydrogen) atoms. The molecule has 130 valence electrons. The van der Waals surface area contributed by atoms with Crippen LogP contribution in [0.4, 0.5) is 0 Å². The molecule has 0 aliphatic carbocycles. The van der Waals surface area contributed by atoms with Crippen LogP contribution >= 0.6 is 0 Å². The van der Waals surface area contributed by atoms with Gasteiger partial charge in [-0.3, -0.25) is 4.79 Å². The summed E-state index contributed by atoms with van der Waals surface area (Å²) in [6.07, 6.45) is 4.53. The molecule has 1 N–H and O–H groups in total. The summed E-state index contributed by atoms with van der Waals surface area (Å²) < 4.78 is 1.72. The van der Waals surface area contributed by atoms with E-state index >= 15 is 0 Å². The molecule has 1 aromatic carbocycles. The first-order valence-electron chi connectivity index (χ1n) is 8.61. The van der Waals surface area contributed by atoms with E-state index in [0.717, 1.165) is 29.8 Å². The Morgan fingerprint density at radius 1 is 1.16 bits per heavy atom. The smallest absolute Gasteiger partial charge is 0.252 e. The zero-order chi connectivity index (χ0) is 17.6. The van der Waals surface area contributed by atoms with E-state index in [9.17, 15) is 4.79 Å². The standard InChI is InChI=1S/C19H23N5O/c1-14-17(15(2)24-19(23-14)21-13-22-24)10-11-18(25)20-12-6-9-16-7-4-3-5-8-16/h3-5,7-8,13H,6,9-12H2,1-2H3,(H,20,25). The zero-order valence-electron chi connectivity index (χ0n) is 14.7. The van der Waals surface area contributed by atoms with Gasteiger partial charge in [0.2, 0.25) is 5.91 Å². The van der Waals surface area contributed by atoms with Gasteiger partial charge >= 0.3 is 0 Å². The minimum absolute atomic E-state index is 0.0746. The van der Waals surface area contributed by atoms with Gasteiger partial charge in [0.05, 0.1) is 0 Å². The summed E-state index contributed by atoms with van der Waals surface area (Å²) in [5.41, 5.74) is 4.28. The van der Waals surface area contributed by atoms with Crippen molar-refractivity contribution in [1.82, 2.24) is 24.9 Å². The molecule has 0 fully saturated rings. The van der Waals surface area contributed by atoms with Gasteiger partial charge in [0, 0.05) is 24.4 Å². The van der Waals surface area contributed by atoms with Crippen LogP contribution in [0.15, 0.2) is 36.7 Å². The number of benzene rings is 1. The maximum atomic E-state index is 12.1. The quantitative estimate of drug-likeness (QED) is 0.672. The van der Waals surface area contributed by atoms with E-state index in [-0.39, 0.29) is 5.91 Å². The number of aromatic nitrogens is 4. The molecular weight excluding hydrogens is 314 g/mol. The van der Waals surface area contributed by atoms with E-state index in [1.54, 1.807) is 4.52 Å². The Morgan fingerprint density at radius 3 is 2.76 bits per heavy atom. The van der Waals surface area contributed by atoms with Crippen LogP contribution in [-0.4, -0.2) is 32.0 Å². The number of nitrogens with one attached hydrogen (secondary N) is 1. The molecule has 0 unspecified atom stereocenters. The van der Waals surface area contributed by atoms with Gasteiger partial charge in [-0.2, -0.15) is 10.1 Å². The van der Waals surface area contributed by atoms with E-state index in [1.165, 1.54) is 11.9 Å². The van der Waals surface area contributed by atoms with E-state index in [4.69, 9.17) is 0 Å². The van der Waals surface area contributed by atoms with Gasteiger partial charge in [-0.1, -0.05) is 30.3 Å². The highest BCUT2D eigenvalue weighted by molar-refractivity contribution is 5.76. The number of aryl methyl sites for hydroxylation is 3. The molecule has 0 aliphatic heterocycles. The van der Waals surface area contributed by atoms with Crippen molar-refractivity contribution in [3.8, 4) is 0 Å². The maximum Gasteiger partial charge on any atom is 0.252 e. The molecule has 2 aromatic heterocycles. The lowest BCUT2D eigenvalue weighted by Gasteiger charge is -2.10. The minimum Gasteiger partial charge on any atom is -0.356 e. The maximum absolute atomic E-state index is 12.1. The molecule has 6 heteroatoms. The van der Waals surface area contributed by atoms with E-state index in [1.807, 2.05) is 32.0 Å². The molecule has 0 radical (unpaired) electrons. The first-order valence-corrected chi connectivity index (χ1v) is 8.61. The highest BCUT2D eigenvalue weighted by atomic mass is 16.1. The number of nitrogens with zero attached hydrogens (tertiary/aromatic N) is 4. The van der Waals surface area contributed by atoms with Crippen LogP contribution in [-0.2, 0) is 17.6 Å². The lowest BCUT2D eigenvalue weighted by molar-refractivity contribution is -0.121. The van der Waals surface area contributed by atoms with E-state index < -0.39 is 0 Å². The fourth-order valence-electron chi connectivity index (χ4n) is 3.01. The average Bonchev–Trinajstić information content (AvgIpc) is 3.08. The molecule has 0 aliphatic rings. The van der Waals surface area contributed by atoms with Gasteiger partial charge in [0.1, 0.15) is 6.33 Å². The molecular formula is C19H23N5O. The summed E-state index contributed by atoms with van der Waals surface area (Å²) in [4.78, 5) is 20.7. The SMILES string of the molecule is Cc1nc2ncnn2c(C)c1CCC(=O)NCCCc1ccccc1. The minimum atomic E-state index is 0.0746. The van der Waals surface area contributed by atoms with Gasteiger partial charge in [0.15, 0.2) is 0 Å². The van der Waals surface area contributed by atoms with Gasteiger partial charge in [-0.05, 0) is 44.2 Å². The van der Waals surface area contributed by atoms with Crippen LogP contribution in [0.5, 0.6) is 0 Å². The van der Waals surface area contributed by atoms with Crippen molar-refractivity contribution in [3.05, 3.63) is 59.2 Å². The number of rotatable bonds is 7. The van der Waals surface area contributed by atoms with Crippen molar-refractivity contribution in [1.29, 1.82) is 0 Å². The number of carbonyl (C=O) groups excluding carboxylic acids is 1. The van der Waals surface area contributed by atoms with Crippen molar-refractivity contribution in [2.75, 3.05) is 6.54 Å². The number of hydrogen-bond acceptors (Lipinski definition) is 4. The highest BCUT2D eigenvalue weighted by Crippen LogP contribution is 2.14. The molecule has 1 amide bonds. The molecule has 0 spiro atoms. The fourth-order valence-corrected chi connectivity index (χ4v) is 3.01. The van der Waals surface area contributed by atoms with Gasteiger partial charge < -0.3 is 5.32 Å². The Labute approximate surface area is 147 Å². The van der Waals surface area contributed by atoms with Crippen molar-refractivity contribution < 1.29 is 4.79 Å². The molecule has 2 heterocycles. The predicted molar refractivity (Wildman–Crippen MR) is 96.3 cm³/mol. The summed E-state index contributed by atoms with van der Waals surface area (Å²) in [6.45, 7) is 4.64. The number of carbonyl (C=O) groups is 1. The van der Waals surface area contributed by atoms with E-state index in [2.05, 4.69) is 32.5 Å². The Hall–Kier alpha value is -2.76. The molecule has 3 rings (SSSR count). The molecule has 0 atom stereocenters. The molecule has 3 aromatic rings. The molecule has 0 bridgehead atoms. The Kier molecular flexibility index (Phi) is 5.38. The van der Waals surface area contributed by atoms with Crippen LogP contribution in [0.25, 0.3) is 5.78 Å². The monoisotopic (exact) mass is 337 g/mol. The van der Waals surface area contributed by atoms with Crippen LogP contribution < -0.4 is 5.32 Å². The largest absolute Gasteiger partial charge is 0.356 e. The van der Waals surface area contributed by atoms with Crippen molar-refractivity contribution in [2.45, 2.75) is 39.5 Å². The number of hydrogen-bond donors (Lipinski definition) is 1. The summed E-state index contributed by atoms with van der Waals surface area (Å²) >= 11 is 0. The topological polar surface area (TPSA) is 72.2 Å². The van der Waals surface area contributed by atoms with Gasteiger partial charge in [0.25, 0.3) is 5.78 Å². The fraction of sp³-hybridized carbons (Fsp3) is 0.368. The average molecular weight is 337 g/mol. The van der Waals surface area contributed by atoms with Crippen LogP contribution in [0, 0.1) is 13.8 Å². The Bertz CT molecular complexity index is 857. The number of fused-ring (bicyclic) bond motifs is 1. The van der Waals surface area contributed by atoms with Crippen LogP contribution in [0.1, 0.15) is 35.4 Å². The Morgan fingerprint density at radius 2 is 1.96 bits per heavy atom. The molecule has 0 saturated heterocycles. The second kappa shape index (κ2) is 7.88. The van der Waals surface area contributed by atoms with Crippen molar-refractivity contribution >= 4 is 11.7 Å². The normalized spacial score (nSPS) is 11.0. The third kappa shape index (κ3) is 4.21. The summed E-state index contributed by atoms with van der Waals surface area (Å²) in [7, 11) is 0. The first kappa shape index (κ1) is 17.1. The van der Waals surface area contributed by atoms with Crippen LogP contribution in [0.2, 0.25) is 0 Å². The lowest BCUT2D eigenvalue weighted by atomic mass is 10.1. The summed E-state index contributed by atoms with van der Waals surface area (Å²) in [6, 6.07) is 10.3. The van der Waals surface area contributed by atoms with Gasteiger partial charge in [-0.25, -0.2) is 9.50 Å². The Balaban J connectivity index is 1.47. The zero-order valence-corrected chi connectivity index (χ0v) is 14.7. The number of amides is 1. The third-order valence-electron chi connectivity index (χ3n) is 4.40. The molecule has 6 nitrogen and oxygen atoms in total. The summed E-state index contributed by atoms with van der Waals surface area (Å²) in [5.74, 6) is 0.676. The second-order valence-electron chi connectivity index (χ2n) is 6.17. The molecule has 0 saturated carbocycles. The predicted octanol–water partition coefficient (Wildman–Crippen LogP) is 2.42. The van der Waals surface area contributed by atoms with Gasteiger partial charge in [-0.15, -0.1) is 0 Å². The third-order valence-corrected chi connectivity index (χ3v) is 4.40. The first-order chi connectivity index (χ1) is 12.1. The highest BCUT2D eigenvalue weighted by Gasteiger charge is 2.12. The summed E-state index contributed by atoms with van der Waals surface area (Å²) in [5, 5.41) is 7.18. The second-order valence-corrected chi connectivity index (χ2v) is 6.17. The van der Waals surface area contributed by atoms with Crippen molar-refractivity contribution in [2.24, 2.45) is 0 Å². The van der Waals surface area contributed by atoms with E-state index in [0.29, 0.717) is 25.2 Å². The lowest BCUT2D eigenvalue weighted by Crippen LogP contribution is -2.25. The van der Waals surface area contributed by atoms with Crippen molar-refractivity contribution in [3.63, 3.8) is 0 Å². The van der Waals surface area contributed by atoms with Crippen LogP contribution in [0.3, 0.4) is 0 Å².